The third kappa shape index (κ3) is 3.95. The Balaban J connectivity index is 1.67. The molecule has 1 aliphatic rings. The van der Waals surface area contributed by atoms with Crippen molar-refractivity contribution in [3.63, 3.8) is 0 Å². The number of aryl methyl sites for hydroxylation is 3. The van der Waals surface area contributed by atoms with Gasteiger partial charge in [0.2, 0.25) is 5.91 Å². The number of fused-ring (bicyclic) bond motifs is 1. The van der Waals surface area contributed by atoms with E-state index in [2.05, 4.69) is 38.2 Å². The topological polar surface area (TPSA) is 47.6 Å². The van der Waals surface area contributed by atoms with Crippen LogP contribution in [-0.4, -0.2) is 19.1 Å². The SMILES string of the molecule is Cc1cc(C)c([C@@H](C)NC(=O)Cc2ccc3c(c2)OCCO3)cc1C. The van der Waals surface area contributed by atoms with Gasteiger partial charge in [-0.15, -0.1) is 0 Å². The van der Waals surface area contributed by atoms with E-state index in [1.165, 1.54) is 22.3 Å². The number of hydrogen-bond donors (Lipinski definition) is 1. The fourth-order valence-electron chi connectivity index (χ4n) is 3.20. The van der Waals surface area contributed by atoms with Crippen molar-refractivity contribution < 1.29 is 14.3 Å². The van der Waals surface area contributed by atoms with E-state index in [1.807, 2.05) is 25.1 Å². The Labute approximate surface area is 149 Å². The van der Waals surface area contributed by atoms with Gasteiger partial charge in [0.15, 0.2) is 11.5 Å². The van der Waals surface area contributed by atoms with Crippen molar-refractivity contribution in [2.75, 3.05) is 13.2 Å². The first kappa shape index (κ1) is 17.3. The third-order valence-corrected chi connectivity index (χ3v) is 4.70. The predicted molar refractivity (Wildman–Crippen MR) is 98.3 cm³/mol. The fraction of sp³-hybridized carbons (Fsp3) is 0.381. The van der Waals surface area contributed by atoms with Crippen molar-refractivity contribution in [2.24, 2.45) is 0 Å². The number of rotatable bonds is 4. The molecule has 3 rings (SSSR count). The van der Waals surface area contributed by atoms with E-state index >= 15 is 0 Å². The zero-order chi connectivity index (χ0) is 18.0. The van der Waals surface area contributed by atoms with Crippen molar-refractivity contribution in [3.05, 3.63) is 58.1 Å². The zero-order valence-corrected chi connectivity index (χ0v) is 15.3. The van der Waals surface area contributed by atoms with E-state index < -0.39 is 0 Å². The monoisotopic (exact) mass is 339 g/mol. The number of carbonyl (C=O) groups is 1. The van der Waals surface area contributed by atoms with E-state index in [4.69, 9.17) is 9.47 Å². The van der Waals surface area contributed by atoms with Gasteiger partial charge in [-0.05, 0) is 67.6 Å². The smallest absolute Gasteiger partial charge is 0.224 e. The Kier molecular flexibility index (Phi) is 4.98. The van der Waals surface area contributed by atoms with Gasteiger partial charge in [0.05, 0.1) is 12.5 Å². The van der Waals surface area contributed by atoms with Crippen molar-refractivity contribution >= 4 is 5.91 Å². The summed E-state index contributed by atoms with van der Waals surface area (Å²) in [6, 6.07) is 9.99. The molecule has 0 aromatic heterocycles. The van der Waals surface area contributed by atoms with Crippen LogP contribution in [-0.2, 0) is 11.2 Å². The third-order valence-electron chi connectivity index (χ3n) is 4.70. The van der Waals surface area contributed by atoms with Crippen LogP contribution in [0.4, 0.5) is 0 Å². The molecular weight excluding hydrogens is 314 g/mol. The largest absolute Gasteiger partial charge is 0.486 e. The lowest BCUT2D eigenvalue weighted by molar-refractivity contribution is -0.121. The van der Waals surface area contributed by atoms with E-state index in [0.717, 1.165) is 17.1 Å². The maximum Gasteiger partial charge on any atom is 0.224 e. The van der Waals surface area contributed by atoms with Crippen molar-refractivity contribution in [1.29, 1.82) is 0 Å². The van der Waals surface area contributed by atoms with Gasteiger partial charge < -0.3 is 14.8 Å². The molecule has 0 spiro atoms. The lowest BCUT2D eigenvalue weighted by Gasteiger charge is -2.20. The van der Waals surface area contributed by atoms with Crippen LogP contribution in [0.25, 0.3) is 0 Å². The Morgan fingerprint density at radius 2 is 1.68 bits per heavy atom. The van der Waals surface area contributed by atoms with Crippen molar-refractivity contribution in [1.82, 2.24) is 5.32 Å². The van der Waals surface area contributed by atoms with E-state index in [1.54, 1.807) is 0 Å². The highest BCUT2D eigenvalue weighted by molar-refractivity contribution is 5.79. The maximum absolute atomic E-state index is 12.4. The average molecular weight is 339 g/mol. The Hall–Kier alpha value is -2.49. The van der Waals surface area contributed by atoms with Gasteiger partial charge in [-0.3, -0.25) is 4.79 Å². The minimum Gasteiger partial charge on any atom is -0.486 e. The summed E-state index contributed by atoms with van der Waals surface area (Å²) >= 11 is 0. The summed E-state index contributed by atoms with van der Waals surface area (Å²) < 4.78 is 11.1. The molecule has 0 saturated carbocycles. The number of carbonyl (C=O) groups excluding carboxylic acids is 1. The quantitative estimate of drug-likeness (QED) is 0.921. The molecule has 4 nitrogen and oxygen atoms in total. The molecule has 2 aromatic carbocycles. The van der Waals surface area contributed by atoms with Gasteiger partial charge in [0, 0.05) is 0 Å². The summed E-state index contributed by atoms with van der Waals surface area (Å²) in [4.78, 5) is 12.4. The number of hydrogen-bond acceptors (Lipinski definition) is 3. The van der Waals surface area contributed by atoms with Crippen LogP contribution in [0.2, 0.25) is 0 Å². The van der Waals surface area contributed by atoms with Crippen molar-refractivity contribution in [3.8, 4) is 11.5 Å². The minimum absolute atomic E-state index is 0.00167. The number of benzene rings is 2. The van der Waals surface area contributed by atoms with Crippen LogP contribution in [0.1, 0.15) is 40.8 Å². The molecule has 2 aromatic rings. The molecule has 132 valence electrons. The highest BCUT2D eigenvalue weighted by atomic mass is 16.6. The van der Waals surface area contributed by atoms with Gasteiger partial charge in [-0.1, -0.05) is 18.2 Å². The molecule has 0 aliphatic carbocycles. The number of nitrogens with one attached hydrogen (secondary N) is 1. The molecule has 4 heteroatoms. The lowest BCUT2D eigenvalue weighted by atomic mass is 9.96. The van der Waals surface area contributed by atoms with Gasteiger partial charge in [-0.2, -0.15) is 0 Å². The second-order valence-corrected chi connectivity index (χ2v) is 6.74. The Morgan fingerprint density at radius 3 is 2.44 bits per heavy atom. The minimum atomic E-state index is -0.0241. The fourth-order valence-corrected chi connectivity index (χ4v) is 3.20. The molecule has 1 N–H and O–H groups in total. The summed E-state index contributed by atoms with van der Waals surface area (Å²) in [5, 5.41) is 3.10. The second-order valence-electron chi connectivity index (χ2n) is 6.74. The van der Waals surface area contributed by atoms with E-state index in [0.29, 0.717) is 19.6 Å². The average Bonchev–Trinajstić information content (AvgIpc) is 2.57. The number of ether oxygens (including phenoxy) is 2. The van der Waals surface area contributed by atoms with E-state index in [-0.39, 0.29) is 11.9 Å². The van der Waals surface area contributed by atoms with Crippen LogP contribution in [0.5, 0.6) is 11.5 Å². The summed E-state index contributed by atoms with van der Waals surface area (Å²) in [6.07, 6.45) is 0.324. The van der Waals surface area contributed by atoms with Gasteiger partial charge in [0.25, 0.3) is 0 Å². The molecule has 25 heavy (non-hydrogen) atoms. The molecule has 0 saturated heterocycles. The summed E-state index contributed by atoms with van der Waals surface area (Å²) in [7, 11) is 0. The predicted octanol–water partition coefficient (Wildman–Crippen LogP) is 3.80. The summed E-state index contributed by atoms with van der Waals surface area (Å²) in [6.45, 7) is 9.44. The summed E-state index contributed by atoms with van der Waals surface area (Å²) in [5.41, 5.74) is 5.81. The van der Waals surface area contributed by atoms with Crippen LogP contribution in [0, 0.1) is 20.8 Å². The zero-order valence-electron chi connectivity index (χ0n) is 15.3. The molecule has 0 bridgehead atoms. The first-order chi connectivity index (χ1) is 11.9. The van der Waals surface area contributed by atoms with Crippen molar-refractivity contribution in [2.45, 2.75) is 40.2 Å². The summed E-state index contributed by atoms with van der Waals surface area (Å²) in [5.74, 6) is 1.46. The molecule has 1 heterocycles. The standard InChI is InChI=1S/C21H25NO3/c1-13-9-15(3)18(10-14(13)2)16(4)22-21(23)12-17-5-6-19-20(11-17)25-8-7-24-19/h5-6,9-11,16H,7-8,12H2,1-4H3,(H,22,23)/t16-/m1/s1. The highest BCUT2D eigenvalue weighted by Crippen LogP contribution is 2.31. The first-order valence-corrected chi connectivity index (χ1v) is 8.69. The molecule has 1 atom stereocenters. The van der Waals surface area contributed by atoms with E-state index in [9.17, 15) is 4.79 Å². The molecule has 1 aliphatic heterocycles. The van der Waals surface area contributed by atoms with Gasteiger partial charge in [-0.25, -0.2) is 0 Å². The first-order valence-electron chi connectivity index (χ1n) is 8.69. The van der Waals surface area contributed by atoms with Crippen LogP contribution >= 0.6 is 0 Å². The highest BCUT2D eigenvalue weighted by Gasteiger charge is 2.16. The van der Waals surface area contributed by atoms with Crippen LogP contribution < -0.4 is 14.8 Å². The second kappa shape index (κ2) is 7.18. The molecule has 0 unspecified atom stereocenters. The van der Waals surface area contributed by atoms with Gasteiger partial charge >= 0.3 is 0 Å². The van der Waals surface area contributed by atoms with Crippen LogP contribution in [0.15, 0.2) is 30.3 Å². The molecule has 1 amide bonds. The molecule has 0 fully saturated rings. The lowest BCUT2D eigenvalue weighted by Crippen LogP contribution is -2.28. The number of amides is 1. The van der Waals surface area contributed by atoms with Crippen LogP contribution in [0.3, 0.4) is 0 Å². The van der Waals surface area contributed by atoms with Gasteiger partial charge in [0.1, 0.15) is 13.2 Å². The molecule has 0 radical (unpaired) electrons. The Bertz CT molecular complexity index is 798. The Morgan fingerprint density at radius 1 is 1.00 bits per heavy atom. The normalized spacial score (nSPS) is 14.1. The maximum atomic E-state index is 12.4. The molecular formula is C21H25NO3.